The van der Waals surface area contributed by atoms with Crippen LogP contribution in [0.4, 0.5) is 23.2 Å². The number of aliphatic hydroxyl groups excluding tert-OH is 1. The van der Waals surface area contributed by atoms with Gasteiger partial charge < -0.3 is 20.1 Å². The zero-order valence-electron chi connectivity index (χ0n) is 18.0. The van der Waals surface area contributed by atoms with Gasteiger partial charge in [0.15, 0.2) is 0 Å². The molecule has 0 aliphatic heterocycles. The zero-order valence-corrected chi connectivity index (χ0v) is 18.0. The summed E-state index contributed by atoms with van der Waals surface area (Å²) in [5.41, 5.74) is -2.87. The number of aromatic nitrogens is 1. The van der Waals surface area contributed by atoms with Gasteiger partial charge in [-0.3, -0.25) is 4.79 Å². The SMILES string of the molecule is CC(C)(C)[C@@H](CO)n1cc(C(=O)O)c(=O)c2cc(NCc3c(F)cc(F)cc3F)c(F)cc21. The zero-order chi connectivity index (χ0) is 24.7. The number of aromatic carboxylic acids is 1. The van der Waals surface area contributed by atoms with Crippen molar-refractivity contribution in [1.82, 2.24) is 4.57 Å². The number of pyridine rings is 1. The molecule has 0 amide bonds. The van der Waals surface area contributed by atoms with Crippen molar-refractivity contribution < 1.29 is 32.6 Å². The molecule has 1 heterocycles. The fourth-order valence-electron chi connectivity index (χ4n) is 3.62. The van der Waals surface area contributed by atoms with E-state index in [-0.39, 0.29) is 16.6 Å². The Kier molecular flexibility index (Phi) is 6.51. The van der Waals surface area contributed by atoms with Crippen molar-refractivity contribution in [2.24, 2.45) is 5.41 Å². The first-order valence-electron chi connectivity index (χ1n) is 9.95. The molecule has 0 saturated heterocycles. The van der Waals surface area contributed by atoms with Crippen molar-refractivity contribution in [2.75, 3.05) is 11.9 Å². The minimum atomic E-state index is -1.50. The van der Waals surface area contributed by atoms with E-state index in [1.807, 2.05) is 0 Å². The van der Waals surface area contributed by atoms with Crippen molar-refractivity contribution >= 4 is 22.6 Å². The molecule has 10 heteroatoms. The number of aliphatic hydroxyl groups is 1. The highest BCUT2D eigenvalue weighted by molar-refractivity contribution is 5.93. The first-order valence-corrected chi connectivity index (χ1v) is 9.95. The lowest BCUT2D eigenvalue weighted by molar-refractivity contribution is 0.0692. The molecule has 0 saturated carbocycles. The van der Waals surface area contributed by atoms with Crippen molar-refractivity contribution in [3.8, 4) is 0 Å². The maximum atomic E-state index is 14.9. The molecule has 3 rings (SSSR count). The second-order valence-electron chi connectivity index (χ2n) is 8.70. The molecule has 1 aromatic heterocycles. The van der Waals surface area contributed by atoms with Crippen molar-refractivity contribution in [1.29, 1.82) is 0 Å². The number of carboxylic acids is 1. The standard InChI is InChI=1S/C23H22F4N2O4/c1-23(2,3)20(10-30)29-9-14(22(32)33)21(31)12-6-18(17(27)7-19(12)29)28-8-13-15(25)4-11(24)5-16(13)26/h4-7,9,20,28,30H,8,10H2,1-3H3,(H,32,33)/t20-/m1/s1. The number of anilines is 1. The molecule has 0 aliphatic rings. The highest BCUT2D eigenvalue weighted by atomic mass is 19.1. The number of carbonyl (C=O) groups is 1. The van der Waals surface area contributed by atoms with E-state index < -0.39 is 70.4 Å². The van der Waals surface area contributed by atoms with Gasteiger partial charge in [-0.1, -0.05) is 20.8 Å². The Morgan fingerprint density at radius 1 is 1.06 bits per heavy atom. The van der Waals surface area contributed by atoms with Gasteiger partial charge in [-0.25, -0.2) is 22.4 Å². The van der Waals surface area contributed by atoms with Crippen LogP contribution in [0.25, 0.3) is 10.9 Å². The van der Waals surface area contributed by atoms with E-state index in [1.165, 1.54) is 4.57 Å². The number of rotatable bonds is 6. The van der Waals surface area contributed by atoms with E-state index in [9.17, 15) is 37.4 Å². The molecule has 0 fully saturated rings. The van der Waals surface area contributed by atoms with E-state index in [1.54, 1.807) is 20.8 Å². The van der Waals surface area contributed by atoms with E-state index >= 15 is 0 Å². The van der Waals surface area contributed by atoms with Crippen molar-refractivity contribution in [3.63, 3.8) is 0 Å². The normalized spacial score (nSPS) is 12.7. The molecule has 0 spiro atoms. The van der Waals surface area contributed by atoms with Crippen LogP contribution in [-0.2, 0) is 6.54 Å². The summed E-state index contributed by atoms with van der Waals surface area (Å²) in [7, 11) is 0. The van der Waals surface area contributed by atoms with Gasteiger partial charge in [0.25, 0.3) is 0 Å². The molecule has 176 valence electrons. The fraction of sp³-hybridized carbons (Fsp3) is 0.304. The molecule has 1 atom stereocenters. The number of fused-ring (bicyclic) bond motifs is 1. The monoisotopic (exact) mass is 466 g/mol. The first kappa shape index (κ1) is 24.2. The number of nitrogens with one attached hydrogen (secondary N) is 1. The van der Waals surface area contributed by atoms with Crippen molar-refractivity contribution in [3.05, 3.63) is 75.1 Å². The summed E-state index contributed by atoms with van der Waals surface area (Å²) in [4.78, 5) is 24.5. The summed E-state index contributed by atoms with van der Waals surface area (Å²) in [5, 5.41) is 21.7. The lowest BCUT2D eigenvalue weighted by Crippen LogP contribution is -2.30. The average Bonchev–Trinajstić information content (AvgIpc) is 2.68. The van der Waals surface area contributed by atoms with Crippen LogP contribution >= 0.6 is 0 Å². The molecule has 0 bridgehead atoms. The van der Waals surface area contributed by atoms with Crippen LogP contribution in [0.5, 0.6) is 0 Å². The van der Waals surface area contributed by atoms with Crippen LogP contribution < -0.4 is 10.7 Å². The third-order valence-electron chi connectivity index (χ3n) is 5.42. The average molecular weight is 466 g/mol. The van der Waals surface area contributed by atoms with Gasteiger partial charge in [-0.2, -0.15) is 0 Å². The van der Waals surface area contributed by atoms with Crippen LogP contribution in [0.2, 0.25) is 0 Å². The van der Waals surface area contributed by atoms with E-state index in [2.05, 4.69) is 5.32 Å². The molecule has 3 N–H and O–H groups in total. The summed E-state index contributed by atoms with van der Waals surface area (Å²) in [5.74, 6) is -5.84. The molecule has 33 heavy (non-hydrogen) atoms. The second kappa shape index (κ2) is 8.86. The highest BCUT2D eigenvalue weighted by Gasteiger charge is 2.28. The maximum Gasteiger partial charge on any atom is 0.341 e. The van der Waals surface area contributed by atoms with E-state index in [0.717, 1.165) is 18.3 Å². The highest BCUT2D eigenvalue weighted by Crippen LogP contribution is 2.33. The molecule has 0 aliphatic carbocycles. The van der Waals surface area contributed by atoms with Gasteiger partial charge >= 0.3 is 5.97 Å². The summed E-state index contributed by atoms with van der Waals surface area (Å²) in [6, 6.07) is 2.30. The number of hydrogen-bond acceptors (Lipinski definition) is 4. The smallest absolute Gasteiger partial charge is 0.341 e. The Balaban J connectivity index is 2.17. The third kappa shape index (κ3) is 4.70. The van der Waals surface area contributed by atoms with E-state index in [4.69, 9.17) is 0 Å². The predicted molar refractivity (Wildman–Crippen MR) is 114 cm³/mol. The number of hydrogen-bond donors (Lipinski definition) is 3. The molecule has 2 aromatic carbocycles. The van der Waals surface area contributed by atoms with Gasteiger partial charge in [-0.15, -0.1) is 0 Å². The molecular weight excluding hydrogens is 444 g/mol. The number of halogens is 4. The minimum Gasteiger partial charge on any atom is -0.477 e. The Hall–Kier alpha value is -3.40. The molecule has 3 aromatic rings. The Labute approximate surface area is 186 Å². The lowest BCUT2D eigenvalue weighted by atomic mass is 9.86. The molecule has 0 radical (unpaired) electrons. The second-order valence-corrected chi connectivity index (χ2v) is 8.70. The summed E-state index contributed by atoms with van der Waals surface area (Å²) >= 11 is 0. The van der Waals surface area contributed by atoms with Gasteiger partial charge in [0.1, 0.15) is 28.8 Å². The largest absolute Gasteiger partial charge is 0.477 e. The number of nitrogens with zero attached hydrogens (tertiary/aromatic N) is 1. The van der Waals surface area contributed by atoms with Crippen LogP contribution in [0, 0.1) is 28.7 Å². The summed E-state index contributed by atoms with van der Waals surface area (Å²) in [6.45, 7) is 4.39. The molecule has 6 nitrogen and oxygen atoms in total. The Bertz CT molecular complexity index is 1280. The number of carboxylic acid groups (broad SMARTS) is 1. The first-order chi connectivity index (χ1) is 15.3. The minimum absolute atomic E-state index is 0.0427. The molecule has 0 unspecified atom stereocenters. The van der Waals surface area contributed by atoms with Gasteiger partial charge in [-0.05, 0) is 11.5 Å². The third-order valence-corrected chi connectivity index (χ3v) is 5.42. The summed E-state index contributed by atoms with van der Waals surface area (Å²) in [6.07, 6.45) is 1.06. The van der Waals surface area contributed by atoms with Crippen LogP contribution in [0.3, 0.4) is 0 Å². The Morgan fingerprint density at radius 2 is 1.67 bits per heavy atom. The molecular formula is C23H22F4N2O4. The van der Waals surface area contributed by atoms with Crippen LogP contribution in [0.1, 0.15) is 42.7 Å². The van der Waals surface area contributed by atoms with Gasteiger partial charge in [0.2, 0.25) is 5.43 Å². The summed E-state index contributed by atoms with van der Waals surface area (Å²) < 4.78 is 57.2. The van der Waals surface area contributed by atoms with Gasteiger partial charge in [0.05, 0.1) is 23.9 Å². The Morgan fingerprint density at radius 3 is 2.18 bits per heavy atom. The van der Waals surface area contributed by atoms with E-state index in [0.29, 0.717) is 12.1 Å². The number of benzene rings is 2. The van der Waals surface area contributed by atoms with Crippen molar-refractivity contribution in [2.45, 2.75) is 33.4 Å². The fourth-order valence-corrected chi connectivity index (χ4v) is 3.62. The van der Waals surface area contributed by atoms with Crippen LogP contribution in [0.15, 0.2) is 35.3 Å². The van der Waals surface area contributed by atoms with Crippen LogP contribution in [-0.4, -0.2) is 27.4 Å². The topological polar surface area (TPSA) is 91.6 Å². The lowest BCUT2D eigenvalue weighted by Gasteiger charge is -2.33. The quantitative estimate of drug-likeness (QED) is 0.467. The maximum absolute atomic E-state index is 14.9. The predicted octanol–water partition coefficient (Wildman–Crippen LogP) is 4.45. The van der Waals surface area contributed by atoms with Gasteiger partial charge in [0, 0.05) is 41.9 Å².